The lowest BCUT2D eigenvalue weighted by molar-refractivity contribution is 0.572. The van der Waals surface area contributed by atoms with Crippen molar-refractivity contribution in [3.63, 3.8) is 0 Å². The number of nitrogens with zero attached hydrogens (tertiary/aromatic N) is 3. The first kappa shape index (κ1) is 8.73. The summed E-state index contributed by atoms with van der Waals surface area (Å²) in [6.07, 6.45) is 0. The minimum absolute atomic E-state index is 0.914. The molecule has 0 bridgehead atoms. The maximum atomic E-state index is 4.57. The van der Waals surface area contributed by atoms with Crippen LogP contribution in [-0.2, 0) is 0 Å². The summed E-state index contributed by atoms with van der Waals surface area (Å²) in [4.78, 5) is 10.2. The third kappa shape index (κ3) is 1.57. The summed E-state index contributed by atoms with van der Waals surface area (Å²) in [6, 6.07) is 8.12. The Morgan fingerprint density at radius 3 is 2.73 bits per heavy atom. The van der Waals surface area contributed by atoms with Crippen molar-refractivity contribution < 1.29 is 0 Å². The molecule has 77 valence electrons. The Labute approximate surface area is 88.3 Å². The highest BCUT2D eigenvalue weighted by Crippen LogP contribution is 2.16. The number of rotatable bonds is 1. The Balaban J connectivity index is 1.96. The van der Waals surface area contributed by atoms with Crippen LogP contribution in [0.15, 0.2) is 24.3 Å². The van der Waals surface area contributed by atoms with Crippen molar-refractivity contribution in [3.8, 4) is 0 Å². The number of fused-ring (bicyclic) bond motifs is 1. The molecule has 15 heavy (non-hydrogen) atoms. The van der Waals surface area contributed by atoms with E-state index in [-0.39, 0.29) is 0 Å². The van der Waals surface area contributed by atoms with E-state index in [0.717, 1.165) is 43.2 Å². The van der Waals surface area contributed by atoms with Gasteiger partial charge in [0.2, 0.25) is 5.95 Å². The molecule has 1 N–H and O–H groups in total. The molecule has 0 amide bonds. The van der Waals surface area contributed by atoms with E-state index in [0.29, 0.717) is 0 Å². The molecule has 1 aliphatic rings. The molecule has 1 aliphatic heterocycles. The molecule has 4 heteroatoms. The molecule has 0 atom stereocenters. The number of nitrogens with one attached hydrogen (secondary N) is 1. The number of benzene rings is 1. The van der Waals surface area contributed by atoms with E-state index in [1.807, 2.05) is 18.2 Å². The van der Waals surface area contributed by atoms with Crippen LogP contribution < -0.4 is 10.2 Å². The van der Waals surface area contributed by atoms with Crippen LogP contribution in [0.4, 0.5) is 5.95 Å². The maximum Gasteiger partial charge on any atom is 0.203 e. The number of anilines is 1. The third-order valence-corrected chi connectivity index (χ3v) is 2.73. The first-order valence-electron chi connectivity index (χ1n) is 5.26. The fourth-order valence-electron chi connectivity index (χ4n) is 1.91. The normalized spacial score (nSPS) is 17.2. The fourth-order valence-corrected chi connectivity index (χ4v) is 1.91. The van der Waals surface area contributed by atoms with Crippen LogP contribution in [0.25, 0.3) is 11.0 Å². The molecule has 1 aromatic heterocycles. The second-order valence-electron chi connectivity index (χ2n) is 3.74. The summed E-state index contributed by atoms with van der Waals surface area (Å²) >= 11 is 0. The van der Waals surface area contributed by atoms with Gasteiger partial charge in [-0.1, -0.05) is 12.1 Å². The summed E-state index contributed by atoms with van der Waals surface area (Å²) in [7, 11) is 0. The van der Waals surface area contributed by atoms with Gasteiger partial charge in [-0.05, 0) is 12.1 Å². The van der Waals surface area contributed by atoms with Gasteiger partial charge < -0.3 is 9.88 Å². The van der Waals surface area contributed by atoms with Gasteiger partial charge in [0, 0.05) is 26.2 Å². The number of imidazole rings is 1. The van der Waals surface area contributed by atoms with E-state index >= 15 is 0 Å². The molecule has 0 spiro atoms. The molecule has 1 saturated heterocycles. The molecule has 2 heterocycles. The molecular weight excluding hydrogens is 188 g/mol. The first-order chi connectivity index (χ1) is 7.43. The van der Waals surface area contributed by atoms with Crippen LogP contribution in [0, 0.1) is 0 Å². The fraction of sp³-hybridized carbons (Fsp3) is 0.364. The Morgan fingerprint density at radius 2 is 1.93 bits per heavy atom. The van der Waals surface area contributed by atoms with Crippen LogP contribution in [0.5, 0.6) is 0 Å². The Bertz CT molecular complexity index is 423. The SMILES string of the molecule is c1ccc2[nH]c(N3CC[N]CC3)nc2c1. The number of hydrogen-bond donors (Lipinski definition) is 1. The van der Waals surface area contributed by atoms with Crippen LogP contribution in [0.3, 0.4) is 0 Å². The molecule has 1 radical (unpaired) electrons. The van der Waals surface area contributed by atoms with Gasteiger partial charge in [-0.3, -0.25) is 0 Å². The standard InChI is InChI=1S/C11H13N4/c1-2-4-10-9(3-1)13-11(14-10)15-7-5-12-6-8-15/h1-4H,5-8H2,(H,13,14). The topological polar surface area (TPSA) is 46.0 Å². The average molecular weight is 201 g/mol. The molecule has 0 aliphatic carbocycles. The number of para-hydroxylation sites is 2. The second-order valence-corrected chi connectivity index (χ2v) is 3.74. The van der Waals surface area contributed by atoms with Gasteiger partial charge in [0.15, 0.2) is 0 Å². The van der Waals surface area contributed by atoms with Crippen LogP contribution in [0.2, 0.25) is 0 Å². The van der Waals surface area contributed by atoms with Gasteiger partial charge >= 0.3 is 0 Å². The van der Waals surface area contributed by atoms with Gasteiger partial charge in [0.25, 0.3) is 0 Å². The van der Waals surface area contributed by atoms with E-state index in [9.17, 15) is 0 Å². The van der Waals surface area contributed by atoms with E-state index in [2.05, 4.69) is 26.3 Å². The van der Waals surface area contributed by atoms with E-state index < -0.39 is 0 Å². The quantitative estimate of drug-likeness (QED) is 0.747. The summed E-state index contributed by atoms with van der Waals surface area (Å²) in [5.41, 5.74) is 2.14. The lowest BCUT2D eigenvalue weighted by Gasteiger charge is -2.25. The first-order valence-corrected chi connectivity index (χ1v) is 5.26. The van der Waals surface area contributed by atoms with Gasteiger partial charge in [0.05, 0.1) is 11.0 Å². The molecule has 2 aromatic rings. The van der Waals surface area contributed by atoms with Crippen molar-refractivity contribution in [2.75, 3.05) is 31.1 Å². The van der Waals surface area contributed by atoms with E-state index in [1.54, 1.807) is 0 Å². The molecule has 1 fully saturated rings. The van der Waals surface area contributed by atoms with E-state index in [1.165, 1.54) is 0 Å². The van der Waals surface area contributed by atoms with Gasteiger partial charge in [-0.25, -0.2) is 10.3 Å². The predicted octanol–water partition coefficient (Wildman–Crippen LogP) is 0.987. The molecule has 3 rings (SSSR count). The lowest BCUT2D eigenvalue weighted by Crippen LogP contribution is -2.40. The summed E-state index contributed by atoms with van der Waals surface area (Å²) in [5, 5.41) is 4.32. The Kier molecular flexibility index (Phi) is 2.07. The predicted molar refractivity (Wildman–Crippen MR) is 60.2 cm³/mol. The zero-order valence-electron chi connectivity index (χ0n) is 8.48. The van der Waals surface area contributed by atoms with Crippen molar-refractivity contribution in [2.45, 2.75) is 0 Å². The van der Waals surface area contributed by atoms with Crippen molar-refractivity contribution >= 4 is 17.0 Å². The van der Waals surface area contributed by atoms with Gasteiger partial charge in [-0.2, -0.15) is 0 Å². The Morgan fingerprint density at radius 1 is 1.13 bits per heavy atom. The highest BCUT2D eigenvalue weighted by molar-refractivity contribution is 5.77. The van der Waals surface area contributed by atoms with Crippen LogP contribution >= 0.6 is 0 Å². The van der Waals surface area contributed by atoms with Gasteiger partial charge in [-0.15, -0.1) is 0 Å². The zero-order chi connectivity index (χ0) is 10.1. The van der Waals surface area contributed by atoms with Crippen LogP contribution in [-0.4, -0.2) is 36.1 Å². The maximum absolute atomic E-state index is 4.57. The Hall–Kier alpha value is -1.55. The number of piperazine rings is 1. The van der Waals surface area contributed by atoms with Gasteiger partial charge in [0.1, 0.15) is 0 Å². The summed E-state index contributed by atoms with van der Waals surface area (Å²) < 4.78 is 0. The van der Waals surface area contributed by atoms with Crippen molar-refractivity contribution in [3.05, 3.63) is 24.3 Å². The van der Waals surface area contributed by atoms with Crippen LogP contribution in [0.1, 0.15) is 0 Å². The van der Waals surface area contributed by atoms with Crippen molar-refractivity contribution in [1.29, 1.82) is 0 Å². The number of aromatic amines is 1. The largest absolute Gasteiger partial charge is 0.340 e. The highest BCUT2D eigenvalue weighted by atomic mass is 15.3. The molecule has 4 nitrogen and oxygen atoms in total. The molecular formula is C11H13N4. The molecule has 0 unspecified atom stereocenters. The van der Waals surface area contributed by atoms with Crippen molar-refractivity contribution in [2.24, 2.45) is 0 Å². The minimum Gasteiger partial charge on any atom is -0.340 e. The van der Waals surface area contributed by atoms with Crippen molar-refractivity contribution in [1.82, 2.24) is 15.3 Å². The number of hydrogen-bond acceptors (Lipinski definition) is 2. The minimum atomic E-state index is 0.914. The number of H-pyrrole nitrogens is 1. The second kappa shape index (κ2) is 3.55. The molecule has 1 aromatic carbocycles. The zero-order valence-corrected chi connectivity index (χ0v) is 8.48. The third-order valence-electron chi connectivity index (χ3n) is 2.73. The summed E-state index contributed by atoms with van der Waals surface area (Å²) in [6.45, 7) is 3.77. The average Bonchev–Trinajstić information content (AvgIpc) is 2.74. The summed E-state index contributed by atoms with van der Waals surface area (Å²) in [5.74, 6) is 0.978. The van der Waals surface area contributed by atoms with E-state index in [4.69, 9.17) is 0 Å². The molecule has 0 saturated carbocycles. The monoisotopic (exact) mass is 201 g/mol. The smallest absolute Gasteiger partial charge is 0.203 e. The highest BCUT2D eigenvalue weighted by Gasteiger charge is 2.14. The lowest BCUT2D eigenvalue weighted by atomic mass is 10.3. The number of aromatic nitrogens is 2.